The summed E-state index contributed by atoms with van der Waals surface area (Å²) >= 11 is 5.80. The van der Waals surface area contributed by atoms with Crippen molar-refractivity contribution in [3.05, 3.63) is 35.2 Å². The van der Waals surface area contributed by atoms with Crippen molar-refractivity contribution in [2.75, 3.05) is 13.1 Å². The minimum atomic E-state index is -4.57. The molecule has 1 saturated heterocycles. The fourth-order valence-electron chi connectivity index (χ4n) is 2.82. The number of halogens is 4. The van der Waals surface area contributed by atoms with Crippen LogP contribution in [0.15, 0.2) is 28.8 Å². The van der Waals surface area contributed by atoms with E-state index < -0.39 is 30.5 Å². The van der Waals surface area contributed by atoms with E-state index in [1.807, 2.05) is 0 Å². The second-order valence-corrected chi connectivity index (χ2v) is 6.24. The third kappa shape index (κ3) is 3.93. The predicted octanol–water partition coefficient (Wildman–Crippen LogP) is 3.08. The van der Waals surface area contributed by atoms with Crippen molar-refractivity contribution in [3.8, 4) is 11.4 Å². The first-order chi connectivity index (χ1) is 11.7. The number of likely N-dealkylation sites (tertiary alicyclic amines) is 1. The van der Waals surface area contributed by atoms with Gasteiger partial charge in [0.05, 0.1) is 18.4 Å². The molecule has 0 unspecified atom stereocenters. The Morgan fingerprint density at radius 2 is 2.00 bits per heavy atom. The van der Waals surface area contributed by atoms with Crippen molar-refractivity contribution >= 4 is 17.6 Å². The molecule has 0 radical (unpaired) electrons. The van der Waals surface area contributed by atoms with E-state index in [1.165, 1.54) is 4.90 Å². The van der Waals surface area contributed by atoms with Gasteiger partial charge in [-0.1, -0.05) is 16.8 Å². The van der Waals surface area contributed by atoms with E-state index in [9.17, 15) is 18.0 Å². The quantitative estimate of drug-likeness (QED) is 0.884. The van der Waals surface area contributed by atoms with Crippen LogP contribution in [0.25, 0.3) is 11.4 Å². The molecule has 0 bridgehead atoms. The molecule has 0 saturated carbocycles. The molecule has 1 aliphatic rings. The number of hydrogen-bond acceptors (Lipinski definition) is 5. The van der Waals surface area contributed by atoms with Gasteiger partial charge in [-0.25, -0.2) is 0 Å². The van der Waals surface area contributed by atoms with E-state index in [-0.39, 0.29) is 24.8 Å². The average Bonchev–Trinajstić information content (AvgIpc) is 3.15. The number of nitrogens with zero attached hydrogens (tertiary/aromatic N) is 3. The number of carboxylic acids is 1. The lowest BCUT2D eigenvalue weighted by atomic mass is 9.96. The zero-order chi connectivity index (χ0) is 18.2. The number of aliphatic carboxylic acids is 1. The summed E-state index contributed by atoms with van der Waals surface area (Å²) in [5.41, 5.74) is 0.650. The van der Waals surface area contributed by atoms with E-state index in [2.05, 4.69) is 10.1 Å². The number of rotatable bonds is 4. The van der Waals surface area contributed by atoms with Gasteiger partial charge in [-0.15, -0.1) is 0 Å². The average molecular weight is 376 g/mol. The third-order valence-electron chi connectivity index (χ3n) is 4.06. The number of carbonyl (C=O) groups is 1. The normalized spacial score (nSPS) is 21.6. The highest BCUT2D eigenvalue weighted by atomic mass is 35.5. The first-order valence-electron chi connectivity index (χ1n) is 7.34. The fraction of sp³-hybridized carbons (Fsp3) is 0.400. The third-order valence-corrected chi connectivity index (χ3v) is 4.31. The van der Waals surface area contributed by atoms with Gasteiger partial charge in [0, 0.05) is 23.7 Å². The smallest absolute Gasteiger partial charge is 0.393 e. The van der Waals surface area contributed by atoms with Crippen molar-refractivity contribution in [1.29, 1.82) is 0 Å². The SMILES string of the molecule is O=C(O)[C@@H]1CN(Cc2nc(-c3ccc(Cl)cc3)no2)C[C@H]1C(F)(F)F. The Hall–Kier alpha value is -2.13. The lowest BCUT2D eigenvalue weighted by Gasteiger charge is -2.17. The van der Waals surface area contributed by atoms with Crippen molar-refractivity contribution in [3.63, 3.8) is 0 Å². The van der Waals surface area contributed by atoms with Gasteiger partial charge in [-0.3, -0.25) is 9.69 Å². The van der Waals surface area contributed by atoms with E-state index in [1.54, 1.807) is 24.3 Å². The topological polar surface area (TPSA) is 79.5 Å². The minimum absolute atomic E-state index is 0.0447. The van der Waals surface area contributed by atoms with Crippen molar-refractivity contribution in [2.24, 2.45) is 11.8 Å². The number of carboxylic acid groups (broad SMARTS) is 1. The summed E-state index contributed by atoms with van der Waals surface area (Å²) < 4.78 is 44.0. The molecule has 2 aromatic rings. The van der Waals surface area contributed by atoms with Gasteiger partial charge in [0.2, 0.25) is 11.7 Å². The summed E-state index contributed by atoms with van der Waals surface area (Å²) in [6, 6.07) is 6.68. The Morgan fingerprint density at radius 3 is 2.56 bits per heavy atom. The van der Waals surface area contributed by atoms with E-state index in [0.29, 0.717) is 10.6 Å². The summed E-state index contributed by atoms with van der Waals surface area (Å²) in [5.74, 6) is -4.47. The zero-order valence-electron chi connectivity index (χ0n) is 12.7. The van der Waals surface area contributed by atoms with E-state index in [0.717, 1.165) is 0 Å². The molecule has 1 aliphatic heterocycles. The van der Waals surface area contributed by atoms with Gasteiger partial charge in [0.1, 0.15) is 0 Å². The number of alkyl halides is 3. The van der Waals surface area contributed by atoms with E-state index in [4.69, 9.17) is 21.2 Å². The summed E-state index contributed by atoms with van der Waals surface area (Å²) in [6.07, 6.45) is -4.57. The largest absolute Gasteiger partial charge is 0.481 e. The van der Waals surface area contributed by atoms with Gasteiger partial charge >= 0.3 is 12.1 Å². The van der Waals surface area contributed by atoms with E-state index >= 15 is 0 Å². The lowest BCUT2D eigenvalue weighted by Crippen LogP contribution is -2.33. The summed E-state index contributed by atoms with van der Waals surface area (Å²) in [7, 11) is 0. The van der Waals surface area contributed by atoms with Crippen LogP contribution >= 0.6 is 11.6 Å². The molecule has 6 nitrogen and oxygen atoms in total. The maximum atomic E-state index is 13.0. The van der Waals surface area contributed by atoms with Crippen LogP contribution in [-0.4, -0.2) is 45.4 Å². The molecular formula is C15H13ClF3N3O3. The molecule has 1 aromatic carbocycles. The van der Waals surface area contributed by atoms with Gasteiger partial charge in [-0.2, -0.15) is 18.2 Å². The molecule has 25 heavy (non-hydrogen) atoms. The van der Waals surface area contributed by atoms with Crippen molar-refractivity contribution < 1.29 is 27.6 Å². The van der Waals surface area contributed by atoms with Crippen LogP contribution < -0.4 is 0 Å². The number of hydrogen-bond donors (Lipinski definition) is 1. The molecule has 3 rings (SSSR count). The van der Waals surface area contributed by atoms with Gasteiger partial charge < -0.3 is 9.63 Å². The van der Waals surface area contributed by atoms with Crippen LogP contribution in [0.2, 0.25) is 5.02 Å². The molecule has 1 N–H and O–H groups in total. The van der Waals surface area contributed by atoms with Crippen LogP contribution in [0.4, 0.5) is 13.2 Å². The minimum Gasteiger partial charge on any atom is -0.481 e. The summed E-state index contributed by atoms with van der Waals surface area (Å²) in [5, 5.41) is 13.3. The molecule has 1 aromatic heterocycles. The maximum Gasteiger partial charge on any atom is 0.393 e. The Balaban J connectivity index is 1.71. The van der Waals surface area contributed by atoms with Crippen LogP contribution in [0.5, 0.6) is 0 Å². The summed E-state index contributed by atoms with van der Waals surface area (Å²) in [6.45, 7) is -0.686. The maximum absolute atomic E-state index is 13.0. The molecule has 0 spiro atoms. The number of aromatic nitrogens is 2. The Bertz CT molecular complexity index is 763. The van der Waals surface area contributed by atoms with Crippen LogP contribution in [-0.2, 0) is 11.3 Å². The molecule has 0 aliphatic carbocycles. The molecule has 134 valence electrons. The highest BCUT2D eigenvalue weighted by Gasteiger charge is 2.52. The lowest BCUT2D eigenvalue weighted by molar-refractivity contribution is -0.188. The van der Waals surface area contributed by atoms with Crippen molar-refractivity contribution in [2.45, 2.75) is 12.7 Å². The molecule has 2 atom stereocenters. The van der Waals surface area contributed by atoms with Gasteiger partial charge in [-0.05, 0) is 24.3 Å². The number of benzene rings is 1. The van der Waals surface area contributed by atoms with Gasteiger partial charge in [0.15, 0.2) is 0 Å². The standard InChI is InChI=1S/C15H13ClF3N3O3/c16-9-3-1-8(2-4-9)13-20-12(25-21-13)7-22-5-10(14(23)24)11(6-22)15(17,18)19/h1-4,10-11H,5-7H2,(H,23,24)/t10-,11-/m1/s1. The second kappa shape index (κ2) is 6.64. The first kappa shape index (κ1) is 17.7. The Labute approximate surface area is 145 Å². The highest BCUT2D eigenvalue weighted by molar-refractivity contribution is 6.30. The zero-order valence-corrected chi connectivity index (χ0v) is 13.5. The van der Waals surface area contributed by atoms with Crippen LogP contribution in [0.3, 0.4) is 0 Å². The Kier molecular flexibility index (Phi) is 4.70. The summed E-state index contributed by atoms with van der Waals surface area (Å²) in [4.78, 5) is 16.6. The fourth-order valence-corrected chi connectivity index (χ4v) is 2.95. The van der Waals surface area contributed by atoms with Crippen LogP contribution in [0, 0.1) is 11.8 Å². The van der Waals surface area contributed by atoms with Gasteiger partial charge in [0.25, 0.3) is 0 Å². The molecular weight excluding hydrogens is 363 g/mol. The molecule has 1 fully saturated rings. The Morgan fingerprint density at radius 1 is 1.32 bits per heavy atom. The predicted molar refractivity (Wildman–Crippen MR) is 80.7 cm³/mol. The second-order valence-electron chi connectivity index (χ2n) is 5.81. The molecule has 10 heteroatoms. The van der Waals surface area contributed by atoms with Crippen LogP contribution in [0.1, 0.15) is 5.89 Å². The first-order valence-corrected chi connectivity index (χ1v) is 7.72. The molecule has 0 amide bonds. The molecule has 2 heterocycles. The highest BCUT2D eigenvalue weighted by Crippen LogP contribution is 2.38. The monoisotopic (exact) mass is 375 g/mol. The van der Waals surface area contributed by atoms with Crippen molar-refractivity contribution in [1.82, 2.24) is 15.0 Å².